The van der Waals surface area contributed by atoms with Crippen molar-refractivity contribution in [2.45, 2.75) is 40.9 Å². The fraction of sp³-hybridized carbons (Fsp3) is 0.273. The van der Waals surface area contributed by atoms with Crippen molar-refractivity contribution >= 4 is 11.9 Å². The van der Waals surface area contributed by atoms with Crippen LogP contribution in [0.25, 0.3) is 0 Å². The third kappa shape index (κ3) is 4.52. The molecule has 0 atom stereocenters. The maximum Gasteiger partial charge on any atom is 0.342 e. The maximum atomic E-state index is 12.1. The fourth-order valence-corrected chi connectivity index (χ4v) is 2.85. The molecule has 0 N–H and O–H groups in total. The quantitative estimate of drug-likeness (QED) is 0.569. The first-order valence-electron chi connectivity index (χ1n) is 8.89. The molecule has 0 amide bonds. The van der Waals surface area contributed by atoms with E-state index in [0.717, 1.165) is 11.1 Å². The second-order valence-corrected chi connectivity index (χ2v) is 6.62. The number of ether oxygens (including phenoxy) is 2. The van der Waals surface area contributed by atoms with Crippen LogP contribution < -0.4 is 0 Å². The van der Waals surface area contributed by atoms with Crippen LogP contribution in [-0.2, 0) is 22.7 Å². The number of esters is 2. The van der Waals surface area contributed by atoms with Gasteiger partial charge in [0.1, 0.15) is 47.4 Å². The van der Waals surface area contributed by atoms with Crippen LogP contribution >= 0.6 is 0 Å². The lowest BCUT2D eigenvalue weighted by Gasteiger charge is -2.07. The zero-order chi connectivity index (χ0) is 20.3. The van der Waals surface area contributed by atoms with Gasteiger partial charge in [-0.2, -0.15) is 0 Å². The second-order valence-electron chi connectivity index (χ2n) is 6.62. The van der Waals surface area contributed by atoms with E-state index in [2.05, 4.69) is 0 Å². The van der Waals surface area contributed by atoms with Gasteiger partial charge in [-0.3, -0.25) is 0 Å². The van der Waals surface area contributed by atoms with E-state index in [1.165, 1.54) is 0 Å². The maximum absolute atomic E-state index is 12.1. The first-order valence-corrected chi connectivity index (χ1v) is 8.89. The minimum absolute atomic E-state index is 0.149. The van der Waals surface area contributed by atoms with Gasteiger partial charge in [0.25, 0.3) is 0 Å². The van der Waals surface area contributed by atoms with Crippen molar-refractivity contribution in [1.29, 1.82) is 0 Å². The molecular weight excluding hydrogens is 360 g/mol. The van der Waals surface area contributed by atoms with E-state index in [0.29, 0.717) is 34.2 Å². The molecule has 0 radical (unpaired) electrons. The summed E-state index contributed by atoms with van der Waals surface area (Å²) in [7, 11) is 0. The van der Waals surface area contributed by atoms with Gasteiger partial charge in [0.15, 0.2) is 0 Å². The molecule has 28 heavy (non-hydrogen) atoms. The summed E-state index contributed by atoms with van der Waals surface area (Å²) in [4.78, 5) is 24.2. The predicted octanol–water partition coefficient (Wildman–Crippen LogP) is 4.82. The highest BCUT2D eigenvalue weighted by molar-refractivity contribution is 5.91. The summed E-state index contributed by atoms with van der Waals surface area (Å²) >= 11 is 0. The van der Waals surface area contributed by atoms with E-state index in [1.54, 1.807) is 39.8 Å². The van der Waals surface area contributed by atoms with Crippen LogP contribution in [0.4, 0.5) is 0 Å². The van der Waals surface area contributed by atoms with Crippen LogP contribution in [0.3, 0.4) is 0 Å². The summed E-state index contributed by atoms with van der Waals surface area (Å²) in [6.07, 6.45) is 0. The minimum atomic E-state index is -0.418. The highest BCUT2D eigenvalue weighted by atomic mass is 16.5. The van der Waals surface area contributed by atoms with Gasteiger partial charge in [-0.25, -0.2) is 9.59 Å². The van der Waals surface area contributed by atoms with Crippen LogP contribution in [0.5, 0.6) is 0 Å². The fourth-order valence-electron chi connectivity index (χ4n) is 2.85. The summed E-state index contributed by atoms with van der Waals surface area (Å²) in [5.41, 5.74) is 2.54. The van der Waals surface area contributed by atoms with Crippen LogP contribution in [-0.4, -0.2) is 11.9 Å². The van der Waals surface area contributed by atoms with Crippen LogP contribution in [0.2, 0.25) is 0 Å². The van der Waals surface area contributed by atoms with E-state index in [-0.39, 0.29) is 13.2 Å². The Morgan fingerprint density at radius 3 is 1.36 bits per heavy atom. The summed E-state index contributed by atoms with van der Waals surface area (Å²) in [5, 5.41) is 0. The molecule has 6 heteroatoms. The third-order valence-electron chi connectivity index (χ3n) is 4.28. The lowest BCUT2D eigenvalue weighted by molar-refractivity contribution is 0.0458. The molecule has 2 aromatic heterocycles. The van der Waals surface area contributed by atoms with Crippen molar-refractivity contribution < 1.29 is 27.9 Å². The number of carbonyl (C=O) groups is 2. The SMILES string of the molecule is Cc1cc(C(=O)OCc2ccc(COC(=O)c3cc(C)oc3C)cc2)c(C)o1. The molecule has 0 unspecified atom stereocenters. The van der Waals surface area contributed by atoms with Gasteiger partial charge in [-0.05, 0) is 51.0 Å². The minimum Gasteiger partial charge on any atom is -0.466 e. The normalized spacial score (nSPS) is 10.7. The van der Waals surface area contributed by atoms with Gasteiger partial charge >= 0.3 is 11.9 Å². The largest absolute Gasteiger partial charge is 0.466 e. The van der Waals surface area contributed by atoms with E-state index < -0.39 is 11.9 Å². The van der Waals surface area contributed by atoms with E-state index >= 15 is 0 Å². The number of hydrogen-bond donors (Lipinski definition) is 0. The lowest BCUT2D eigenvalue weighted by atomic mass is 10.1. The number of carbonyl (C=O) groups excluding carboxylic acids is 2. The molecule has 0 fully saturated rings. The molecule has 0 saturated heterocycles. The van der Waals surface area contributed by atoms with Crippen molar-refractivity contribution in [1.82, 2.24) is 0 Å². The number of furan rings is 2. The first kappa shape index (κ1) is 19.5. The molecule has 0 bridgehead atoms. The Bertz CT molecular complexity index is 909. The second kappa shape index (κ2) is 8.17. The highest BCUT2D eigenvalue weighted by Gasteiger charge is 2.16. The van der Waals surface area contributed by atoms with Gasteiger partial charge in [-0.1, -0.05) is 24.3 Å². The molecular formula is C22H22O6. The molecule has 146 valence electrons. The monoisotopic (exact) mass is 382 g/mol. The predicted molar refractivity (Wildman–Crippen MR) is 101 cm³/mol. The first-order chi connectivity index (χ1) is 13.3. The standard InChI is InChI=1S/C22H22O6/c1-13-9-19(15(3)27-13)21(23)25-11-17-5-7-18(8-6-17)12-26-22(24)20-10-14(2)28-16(20)4/h5-10H,11-12H2,1-4H3. The Kier molecular flexibility index (Phi) is 5.68. The Labute approximate surface area is 163 Å². The topological polar surface area (TPSA) is 78.9 Å². The number of rotatable bonds is 6. The Hall–Kier alpha value is -3.28. The van der Waals surface area contributed by atoms with Crippen molar-refractivity contribution in [2.24, 2.45) is 0 Å². The summed E-state index contributed by atoms with van der Waals surface area (Å²) < 4.78 is 21.3. The van der Waals surface area contributed by atoms with Gasteiger partial charge < -0.3 is 18.3 Å². The average Bonchev–Trinajstić information content (AvgIpc) is 3.18. The van der Waals surface area contributed by atoms with Crippen LogP contribution in [0.15, 0.2) is 45.2 Å². The molecule has 0 saturated carbocycles. The van der Waals surface area contributed by atoms with E-state index in [4.69, 9.17) is 18.3 Å². The van der Waals surface area contributed by atoms with Gasteiger partial charge in [0.05, 0.1) is 0 Å². The molecule has 0 aliphatic carbocycles. The molecule has 0 aliphatic heterocycles. The summed E-state index contributed by atoms with van der Waals surface area (Å²) in [6.45, 7) is 7.32. The molecule has 0 aliphatic rings. The Morgan fingerprint density at radius 2 is 1.07 bits per heavy atom. The lowest BCUT2D eigenvalue weighted by Crippen LogP contribution is -2.06. The molecule has 1 aromatic carbocycles. The molecule has 3 rings (SSSR count). The Morgan fingerprint density at radius 1 is 0.714 bits per heavy atom. The molecule has 0 spiro atoms. The molecule has 2 heterocycles. The number of benzene rings is 1. The smallest absolute Gasteiger partial charge is 0.342 e. The van der Waals surface area contributed by atoms with E-state index in [9.17, 15) is 9.59 Å². The highest BCUT2D eigenvalue weighted by Crippen LogP contribution is 2.17. The van der Waals surface area contributed by atoms with Gasteiger partial charge in [0.2, 0.25) is 0 Å². The van der Waals surface area contributed by atoms with Gasteiger partial charge in [0, 0.05) is 0 Å². The Balaban J connectivity index is 1.52. The molecule has 3 aromatic rings. The van der Waals surface area contributed by atoms with Crippen molar-refractivity contribution in [2.75, 3.05) is 0 Å². The van der Waals surface area contributed by atoms with Crippen LogP contribution in [0.1, 0.15) is 54.9 Å². The van der Waals surface area contributed by atoms with Crippen LogP contribution in [0, 0.1) is 27.7 Å². The molecule has 6 nitrogen and oxygen atoms in total. The zero-order valence-corrected chi connectivity index (χ0v) is 16.3. The zero-order valence-electron chi connectivity index (χ0n) is 16.3. The van der Waals surface area contributed by atoms with Crippen molar-refractivity contribution in [3.05, 3.63) is 81.7 Å². The van der Waals surface area contributed by atoms with E-state index in [1.807, 2.05) is 24.3 Å². The number of hydrogen-bond acceptors (Lipinski definition) is 6. The summed E-state index contributed by atoms with van der Waals surface area (Å²) in [6, 6.07) is 10.7. The third-order valence-corrected chi connectivity index (χ3v) is 4.28. The number of aryl methyl sites for hydroxylation is 4. The average molecular weight is 382 g/mol. The summed E-state index contributed by atoms with van der Waals surface area (Å²) in [5.74, 6) is 1.59. The van der Waals surface area contributed by atoms with Gasteiger partial charge in [-0.15, -0.1) is 0 Å². The van der Waals surface area contributed by atoms with Crippen molar-refractivity contribution in [3.63, 3.8) is 0 Å². The van der Waals surface area contributed by atoms with Crippen molar-refractivity contribution in [3.8, 4) is 0 Å².